The van der Waals surface area contributed by atoms with Crippen LogP contribution in [0, 0.1) is 0 Å². The number of para-hydroxylation sites is 2. The van der Waals surface area contributed by atoms with Crippen LogP contribution in [-0.2, 0) is 22.3 Å². The summed E-state index contributed by atoms with van der Waals surface area (Å²) in [6, 6.07) is 23.1. The average molecular weight is 566 g/mol. The molecule has 0 aliphatic carbocycles. The van der Waals surface area contributed by atoms with Gasteiger partial charge in [-0.15, -0.1) is 0 Å². The number of hydrogen-bond acceptors (Lipinski definition) is 4. The highest BCUT2D eigenvalue weighted by atomic mass is 19.4. The van der Waals surface area contributed by atoms with E-state index < -0.39 is 23.2 Å². The number of anilines is 2. The molecule has 0 bridgehead atoms. The fourth-order valence-corrected chi connectivity index (χ4v) is 5.41. The van der Waals surface area contributed by atoms with Gasteiger partial charge in [0.15, 0.2) is 0 Å². The van der Waals surface area contributed by atoms with Gasteiger partial charge in [0.05, 0.1) is 12.2 Å². The van der Waals surface area contributed by atoms with Gasteiger partial charge >= 0.3 is 12.2 Å². The van der Waals surface area contributed by atoms with Crippen LogP contribution < -0.4 is 15.5 Å². The van der Waals surface area contributed by atoms with Crippen molar-refractivity contribution in [2.75, 3.05) is 36.5 Å². The van der Waals surface area contributed by atoms with Crippen molar-refractivity contribution in [3.8, 4) is 0 Å². The Bertz CT molecular complexity index is 1390. The molecule has 0 unspecified atom stereocenters. The van der Waals surface area contributed by atoms with E-state index in [1.807, 2.05) is 53.4 Å². The highest BCUT2D eigenvalue weighted by molar-refractivity contribution is 5.97. The highest BCUT2D eigenvalue weighted by Gasteiger charge is 2.54. The van der Waals surface area contributed by atoms with Crippen LogP contribution in [0.4, 0.5) is 29.3 Å². The zero-order valence-electron chi connectivity index (χ0n) is 22.2. The van der Waals surface area contributed by atoms with Crippen molar-refractivity contribution >= 4 is 29.2 Å². The highest BCUT2D eigenvalue weighted by Crippen LogP contribution is 2.39. The van der Waals surface area contributed by atoms with Gasteiger partial charge in [0.1, 0.15) is 12.1 Å². The van der Waals surface area contributed by atoms with Crippen LogP contribution in [0.25, 0.3) is 0 Å². The standard InChI is InChI=1S/C30H30F3N5O3/c31-30(32,33)23-9-7-8-22(18-23)19-34-26(39)20-37-21-38(25-12-5-2-6-13-25)29(27(37)40)14-16-36(17-15-29)28(41)35-24-10-3-1-4-11-24/h1-13,18H,14-17,19-21H2,(H,34,39)(H,35,41). The first-order chi connectivity index (χ1) is 19.7. The summed E-state index contributed by atoms with van der Waals surface area (Å²) in [7, 11) is 0. The molecule has 0 atom stereocenters. The number of alkyl halides is 3. The largest absolute Gasteiger partial charge is 0.416 e. The number of halogens is 3. The summed E-state index contributed by atoms with van der Waals surface area (Å²) >= 11 is 0. The number of rotatable bonds is 6. The first kappa shape index (κ1) is 28.0. The Morgan fingerprint density at radius 3 is 2.20 bits per heavy atom. The molecule has 2 N–H and O–H groups in total. The number of nitrogens with zero attached hydrogens (tertiary/aromatic N) is 3. The lowest BCUT2D eigenvalue weighted by Gasteiger charge is -2.43. The molecule has 3 aromatic rings. The molecule has 2 heterocycles. The summed E-state index contributed by atoms with van der Waals surface area (Å²) in [6.07, 6.45) is -3.72. The third-order valence-electron chi connectivity index (χ3n) is 7.56. The molecule has 2 saturated heterocycles. The van der Waals surface area contributed by atoms with Crippen molar-refractivity contribution < 1.29 is 27.6 Å². The second-order valence-electron chi connectivity index (χ2n) is 10.2. The quantitative estimate of drug-likeness (QED) is 0.454. The number of benzene rings is 3. The maximum Gasteiger partial charge on any atom is 0.416 e. The summed E-state index contributed by atoms with van der Waals surface area (Å²) in [5, 5.41) is 5.52. The Morgan fingerprint density at radius 1 is 0.878 bits per heavy atom. The third kappa shape index (κ3) is 6.13. The summed E-state index contributed by atoms with van der Waals surface area (Å²) in [4.78, 5) is 44.7. The molecule has 11 heteroatoms. The number of carbonyl (C=O) groups is 3. The molecule has 0 aromatic heterocycles. The van der Waals surface area contributed by atoms with Gasteiger partial charge in [-0.3, -0.25) is 9.59 Å². The fourth-order valence-electron chi connectivity index (χ4n) is 5.41. The molecule has 2 fully saturated rings. The van der Waals surface area contributed by atoms with Crippen molar-refractivity contribution in [3.63, 3.8) is 0 Å². The molecule has 2 aliphatic heterocycles. The van der Waals surface area contributed by atoms with Crippen molar-refractivity contribution in [2.45, 2.75) is 31.1 Å². The van der Waals surface area contributed by atoms with Gasteiger partial charge in [-0.2, -0.15) is 13.2 Å². The fraction of sp³-hybridized carbons (Fsp3) is 0.300. The lowest BCUT2D eigenvalue weighted by Crippen LogP contribution is -2.58. The Labute approximate surface area is 235 Å². The Balaban J connectivity index is 1.26. The predicted octanol–water partition coefficient (Wildman–Crippen LogP) is 4.69. The van der Waals surface area contributed by atoms with E-state index in [4.69, 9.17) is 0 Å². The van der Waals surface area contributed by atoms with Gasteiger partial charge in [0, 0.05) is 31.0 Å². The van der Waals surface area contributed by atoms with Crippen molar-refractivity contribution in [3.05, 3.63) is 96.1 Å². The molecule has 2 aliphatic rings. The van der Waals surface area contributed by atoms with Crippen LogP contribution in [0.15, 0.2) is 84.9 Å². The number of carbonyl (C=O) groups excluding carboxylic acids is 3. The maximum atomic E-state index is 13.9. The van der Waals surface area contributed by atoms with Crippen molar-refractivity contribution in [1.29, 1.82) is 0 Å². The van der Waals surface area contributed by atoms with Gasteiger partial charge in [-0.1, -0.05) is 48.5 Å². The number of hydrogen-bond donors (Lipinski definition) is 2. The summed E-state index contributed by atoms with van der Waals surface area (Å²) in [6.45, 7) is 0.549. The molecule has 5 rings (SSSR count). The first-order valence-corrected chi connectivity index (χ1v) is 13.3. The lowest BCUT2D eigenvalue weighted by molar-refractivity contribution is -0.138. The zero-order valence-corrected chi connectivity index (χ0v) is 22.2. The van der Waals surface area contributed by atoms with Crippen LogP contribution in [-0.4, -0.2) is 59.5 Å². The van der Waals surface area contributed by atoms with Crippen LogP contribution >= 0.6 is 0 Å². The van der Waals surface area contributed by atoms with E-state index in [9.17, 15) is 27.6 Å². The van der Waals surface area contributed by atoms with Crippen molar-refractivity contribution in [2.24, 2.45) is 0 Å². The van der Waals surface area contributed by atoms with E-state index in [0.717, 1.165) is 17.8 Å². The number of likely N-dealkylation sites (tertiary alicyclic amines) is 1. The minimum Gasteiger partial charge on any atom is -0.350 e. The molecule has 1 spiro atoms. The van der Waals surface area contributed by atoms with E-state index in [0.29, 0.717) is 37.2 Å². The topological polar surface area (TPSA) is 85.0 Å². The average Bonchev–Trinajstić information content (AvgIpc) is 3.23. The van der Waals surface area contributed by atoms with Crippen LogP contribution in [0.1, 0.15) is 24.0 Å². The minimum absolute atomic E-state index is 0.0934. The normalized spacial score (nSPS) is 16.7. The van der Waals surface area contributed by atoms with Gasteiger partial charge < -0.3 is 25.3 Å². The molecule has 8 nitrogen and oxygen atoms in total. The SMILES string of the molecule is O=C(CN1CN(c2ccccc2)C2(CCN(C(=O)Nc3ccccc3)CC2)C1=O)NCc1cccc(C(F)(F)F)c1. The third-order valence-corrected chi connectivity index (χ3v) is 7.56. The van der Waals surface area contributed by atoms with Crippen LogP contribution in [0.3, 0.4) is 0 Å². The Hall–Kier alpha value is -4.54. The second-order valence-corrected chi connectivity index (χ2v) is 10.2. The van der Waals surface area contributed by atoms with Crippen molar-refractivity contribution in [1.82, 2.24) is 15.1 Å². The molecular weight excluding hydrogens is 535 g/mol. The summed E-state index contributed by atoms with van der Waals surface area (Å²) in [5.74, 6) is -0.681. The number of amides is 4. The monoisotopic (exact) mass is 565 g/mol. The Kier molecular flexibility index (Phi) is 7.87. The molecule has 0 saturated carbocycles. The molecule has 0 radical (unpaired) electrons. The first-order valence-electron chi connectivity index (χ1n) is 13.3. The van der Waals surface area contributed by atoms with E-state index in [-0.39, 0.29) is 31.7 Å². The molecular formula is C30H30F3N5O3. The molecule has 3 aromatic carbocycles. The van der Waals surface area contributed by atoms with E-state index >= 15 is 0 Å². The maximum absolute atomic E-state index is 13.9. The second kappa shape index (κ2) is 11.5. The molecule has 214 valence electrons. The molecule has 41 heavy (non-hydrogen) atoms. The van der Waals surface area contributed by atoms with Gasteiger partial charge in [-0.25, -0.2) is 4.79 Å². The summed E-state index contributed by atoms with van der Waals surface area (Å²) < 4.78 is 39.1. The molecule has 4 amide bonds. The summed E-state index contributed by atoms with van der Waals surface area (Å²) in [5.41, 5.74) is 0.108. The lowest BCUT2D eigenvalue weighted by atomic mass is 9.85. The smallest absolute Gasteiger partial charge is 0.350 e. The number of piperidine rings is 1. The van der Waals surface area contributed by atoms with Gasteiger partial charge in [-0.05, 0) is 54.8 Å². The van der Waals surface area contributed by atoms with E-state index in [1.54, 1.807) is 17.0 Å². The van der Waals surface area contributed by atoms with Gasteiger partial charge in [0.2, 0.25) is 5.91 Å². The van der Waals surface area contributed by atoms with Gasteiger partial charge in [0.25, 0.3) is 5.91 Å². The van der Waals surface area contributed by atoms with E-state index in [2.05, 4.69) is 10.6 Å². The number of urea groups is 1. The number of nitrogens with one attached hydrogen (secondary N) is 2. The zero-order chi connectivity index (χ0) is 29.0. The minimum atomic E-state index is -4.48. The Morgan fingerprint density at radius 2 is 1.54 bits per heavy atom. The van der Waals surface area contributed by atoms with E-state index in [1.165, 1.54) is 17.0 Å². The van der Waals surface area contributed by atoms with Crippen LogP contribution in [0.5, 0.6) is 0 Å². The van der Waals surface area contributed by atoms with Crippen LogP contribution in [0.2, 0.25) is 0 Å². The predicted molar refractivity (Wildman–Crippen MR) is 148 cm³/mol.